The SMILES string of the molecule is O=C1CC[C@@H]([C@](O)(C(=O)O)c2ccccc2)C1. The number of carboxylic acid groups (broad SMARTS) is 1. The lowest BCUT2D eigenvalue weighted by Gasteiger charge is -2.29. The van der Waals surface area contributed by atoms with Crippen molar-refractivity contribution in [3.8, 4) is 0 Å². The van der Waals surface area contributed by atoms with Gasteiger partial charge in [0.2, 0.25) is 0 Å². The van der Waals surface area contributed by atoms with Crippen molar-refractivity contribution < 1.29 is 19.8 Å². The average molecular weight is 234 g/mol. The van der Waals surface area contributed by atoms with E-state index in [-0.39, 0.29) is 12.2 Å². The summed E-state index contributed by atoms with van der Waals surface area (Å²) in [5.74, 6) is -1.80. The van der Waals surface area contributed by atoms with Crippen molar-refractivity contribution in [1.82, 2.24) is 0 Å². The van der Waals surface area contributed by atoms with Gasteiger partial charge in [0.1, 0.15) is 5.78 Å². The molecule has 4 nitrogen and oxygen atoms in total. The van der Waals surface area contributed by atoms with E-state index in [1.165, 1.54) is 0 Å². The highest BCUT2D eigenvalue weighted by Crippen LogP contribution is 2.39. The highest BCUT2D eigenvalue weighted by molar-refractivity contribution is 5.85. The summed E-state index contributed by atoms with van der Waals surface area (Å²) in [5, 5.41) is 19.7. The Morgan fingerprint density at radius 2 is 1.94 bits per heavy atom. The van der Waals surface area contributed by atoms with Gasteiger partial charge in [0.05, 0.1) is 0 Å². The van der Waals surface area contributed by atoms with Gasteiger partial charge in [-0.25, -0.2) is 4.79 Å². The van der Waals surface area contributed by atoms with Crippen LogP contribution in [0.3, 0.4) is 0 Å². The van der Waals surface area contributed by atoms with Crippen LogP contribution in [-0.2, 0) is 15.2 Å². The van der Waals surface area contributed by atoms with Crippen LogP contribution in [0, 0.1) is 5.92 Å². The van der Waals surface area contributed by atoms with E-state index < -0.39 is 17.5 Å². The Morgan fingerprint density at radius 3 is 2.41 bits per heavy atom. The Labute approximate surface area is 98.9 Å². The van der Waals surface area contributed by atoms with Crippen LogP contribution in [0.5, 0.6) is 0 Å². The molecule has 0 spiro atoms. The molecule has 17 heavy (non-hydrogen) atoms. The van der Waals surface area contributed by atoms with Crippen LogP contribution < -0.4 is 0 Å². The largest absolute Gasteiger partial charge is 0.479 e. The van der Waals surface area contributed by atoms with Crippen LogP contribution in [0.2, 0.25) is 0 Å². The third kappa shape index (κ3) is 1.96. The Bertz CT molecular complexity index is 440. The molecule has 0 unspecified atom stereocenters. The van der Waals surface area contributed by atoms with Gasteiger partial charge in [-0.3, -0.25) is 4.79 Å². The maximum Gasteiger partial charge on any atom is 0.340 e. The average Bonchev–Trinajstić information content (AvgIpc) is 2.76. The van der Waals surface area contributed by atoms with E-state index in [1.807, 2.05) is 0 Å². The molecule has 0 heterocycles. The van der Waals surface area contributed by atoms with Crippen molar-refractivity contribution in [2.24, 2.45) is 5.92 Å². The number of aliphatic carboxylic acids is 1. The fraction of sp³-hybridized carbons (Fsp3) is 0.385. The number of ketones is 1. The van der Waals surface area contributed by atoms with Crippen LogP contribution in [0.25, 0.3) is 0 Å². The van der Waals surface area contributed by atoms with Gasteiger partial charge < -0.3 is 10.2 Å². The minimum atomic E-state index is -1.95. The van der Waals surface area contributed by atoms with Crippen LogP contribution in [0.1, 0.15) is 24.8 Å². The molecular formula is C13H14O4. The zero-order valence-electron chi connectivity index (χ0n) is 9.30. The number of carbonyl (C=O) groups excluding carboxylic acids is 1. The van der Waals surface area contributed by atoms with E-state index in [2.05, 4.69) is 0 Å². The summed E-state index contributed by atoms with van der Waals surface area (Å²) < 4.78 is 0. The fourth-order valence-electron chi connectivity index (χ4n) is 2.40. The smallest absolute Gasteiger partial charge is 0.340 e. The number of carbonyl (C=O) groups is 2. The van der Waals surface area contributed by atoms with E-state index in [0.29, 0.717) is 18.4 Å². The Morgan fingerprint density at radius 1 is 1.29 bits per heavy atom. The third-order valence-electron chi connectivity index (χ3n) is 3.38. The van der Waals surface area contributed by atoms with Crippen molar-refractivity contribution in [2.75, 3.05) is 0 Å². The summed E-state index contributed by atoms with van der Waals surface area (Å²) in [5.41, 5.74) is -1.61. The third-order valence-corrected chi connectivity index (χ3v) is 3.38. The first kappa shape index (κ1) is 11.8. The second kappa shape index (κ2) is 4.30. The molecule has 0 amide bonds. The molecule has 0 aliphatic heterocycles. The molecule has 2 rings (SSSR count). The van der Waals surface area contributed by atoms with Gasteiger partial charge in [0, 0.05) is 18.8 Å². The zero-order chi connectivity index (χ0) is 12.5. The highest BCUT2D eigenvalue weighted by atomic mass is 16.4. The molecule has 0 saturated heterocycles. The lowest BCUT2D eigenvalue weighted by atomic mass is 9.80. The topological polar surface area (TPSA) is 74.6 Å². The summed E-state index contributed by atoms with van der Waals surface area (Å²) in [4.78, 5) is 22.6. The van der Waals surface area contributed by atoms with Crippen molar-refractivity contribution in [2.45, 2.75) is 24.9 Å². The molecule has 1 aliphatic carbocycles. The van der Waals surface area contributed by atoms with Crippen molar-refractivity contribution in [1.29, 1.82) is 0 Å². The molecule has 1 fully saturated rings. The quantitative estimate of drug-likeness (QED) is 0.827. The van der Waals surface area contributed by atoms with E-state index in [9.17, 15) is 19.8 Å². The predicted octanol–water partition coefficient (Wildman–Crippen LogP) is 1.33. The molecule has 1 aliphatic rings. The van der Waals surface area contributed by atoms with Crippen LogP contribution in [-0.4, -0.2) is 22.0 Å². The first-order valence-corrected chi connectivity index (χ1v) is 5.58. The Kier molecular flexibility index (Phi) is 2.98. The van der Waals surface area contributed by atoms with E-state index in [1.54, 1.807) is 30.3 Å². The number of hydrogen-bond acceptors (Lipinski definition) is 3. The molecule has 0 aromatic heterocycles. The first-order chi connectivity index (χ1) is 8.05. The Hall–Kier alpha value is -1.68. The zero-order valence-corrected chi connectivity index (χ0v) is 9.30. The number of carboxylic acids is 1. The number of Topliss-reactive ketones (excluding diaryl/α,β-unsaturated/α-hetero) is 1. The normalized spacial score (nSPS) is 23.4. The lowest BCUT2D eigenvalue weighted by molar-refractivity contribution is -0.166. The maximum atomic E-state index is 11.4. The second-order valence-electron chi connectivity index (χ2n) is 4.42. The molecule has 2 atom stereocenters. The molecule has 90 valence electrons. The fourth-order valence-corrected chi connectivity index (χ4v) is 2.40. The minimum absolute atomic E-state index is 0.0191. The van der Waals surface area contributed by atoms with Crippen molar-refractivity contribution in [3.05, 3.63) is 35.9 Å². The second-order valence-corrected chi connectivity index (χ2v) is 4.42. The lowest BCUT2D eigenvalue weighted by Crippen LogP contribution is -2.42. The molecule has 0 radical (unpaired) electrons. The highest BCUT2D eigenvalue weighted by Gasteiger charge is 2.48. The van der Waals surface area contributed by atoms with Crippen molar-refractivity contribution >= 4 is 11.8 Å². The van der Waals surface area contributed by atoms with Gasteiger partial charge >= 0.3 is 5.97 Å². The van der Waals surface area contributed by atoms with Gasteiger partial charge in [-0.2, -0.15) is 0 Å². The van der Waals surface area contributed by atoms with Gasteiger partial charge in [-0.05, 0) is 12.0 Å². The molecule has 0 bridgehead atoms. The Balaban J connectivity index is 2.40. The maximum absolute atomic E-state index is 11.4. The predicted molar refractivity (Wildman–Crippen MR) is 60.3 cm³/mol. The van der Waals surface area contributed by atoms with E-state index in [4.69, 9.17) is 0 Å². The summed E-state index contributed by atoms with van der Waals surface area (Å²) in [6.07, 6.45) is 0.918. The minimum Gasteiger partial charge on any atom is -0.479 e. The molecule has 2 N–H and O–H groups in total. The van der Waals surface area contributed by atoms with E-state index >= 15 is 0 Å². The van der Waals surface area contributed by atoms with Gasteiger partial charge in [0.25, 0.3) is 0 Å². The van der Waals surface area contributed by atoms with Gasteiger partial charge in [-0.15, -0.1) is 0 Å². The number of rotatable bonds is 3. The number of hydrogen-bond donors (Lipinski definition) is 2. The molecule has 1 aromatic carbocycles. The summed E-state index contributed by atoms with van der Waals surface area (Å²) in [6.45, 7) is 0. The molecular weight excluding hydrogens is 220 g/mol. The van der Waals surface area contributed by atoms with Gasteiger partial charge in [0.15, 0.2) is 5.60 Å². The van der Waals surface area contributed by atoms with Crippen LogP contribution in [0.4, 0.5) is 0 Å². The monoisotopic (exact) mass is 234 g/mol. The van der Waals surface area contributed by atoms with Crippen LogP contribution >= 0.6 is 0 Å². The van der Waals surface area contributed by atoms with E-state index in [0.717, 1.165) is 0 Å². The summed E-state index contributed by atoms with van der Waals surface area (Å²) in [7, 11) is 0. The van der Waals surface area contributed by atoms with Crippen molar-refractivity contribution in [3.63, 3.8) is 0 Å². The summed E-state index contributed by atoms with van der Waals surface area (Å²) in [6, 6.07) is 8.28. The molecule has 1 saturated carbocycles. The first-order valence-electron chi connectivity index (χ1n) is 5.58. The molecule has 4 heteroatoms. The summed E-state index contributed by atoms with van der Waals surface area (Å²) >= 11 is 0. The number of aliphatic hydroxyl groups is 1. The van der Waals surface area contributed by atoms with Crippen LogP contribution in [0.15, 0.2) is 30.3 Å². The van der Waals surface area contributed by atoms with Gasteiger partial charge in [-0.1, -0.05) is 30.3 Å². The standard InChI is InChI=1S/C13H14O4/c14-11-7-6-10(8-11)13(17,12(15)16)9-4-2-1-3-5-9/h1-5,10,17H,6-8H2,(H,15,16)/t10-,13+/m1/s1. The molecule has 1 aromatic rings. The number of benzene rings is 1.